The molecule has 8 heteroatoms. The van der Waals surface area contributed by atoms with Gasteiger partial charge in [-0.2, -0.15) is 0 Å². The molecule has 0 aliphatic heterocycles. The number of methoxy groups -OCH3 is 2. The molecule has 26 heavy (non-hydrogen) atoms. The van der Waals surface area contributed by atoms with Crippen molar-refractivity contribution in [3.05, 3.63) is 60.7 Å². The summed E-state index contributed by atoms with van der Waals surface area (Å²) in [6.07, 6.45) is 0. The van der Waals surface area contributed by atoms with Crippen LogP contribution in [0.3, 0.4) is 0 Å². The van der Waals surface area contributed by atoms with Crippen LogP contribution in [0, 0.1) is 0 Å². The van der Waals surface area contributed by atoms with Crippen LogP contribution in [-0.2, 0) is 10.0 Å². The Kier molecular flexibility index (Phi) is 5.04. The number of hydrogen-bond acceptors (Lipinski definition) is 6. The third-order valence-electron chi connectivity index (χ3n) is 3.63. The predicted octanol–water partition coefficient (Wildman–Crippen LogP) is 2.96. The molecule has 1 N–H and O–H groups in total. The highest BCUT2D eigenvalue weighted by Gasteiger charge is 2.14. The molecule has 0 aliphatic carbocycles. The van der Waals surface area contributed by atoms with E-state index >= 15 is 0 Å². The van der Waals surface area contributed by atoms with Crippen molar-refractivity contribution in [3.8, 4) is 22.9 Å². The molecule has 0 unspecified atom stereocenters. The molecule has 7 nitrogen and oxygen atoms in total. The Morgan fingerprint density at radius 2 is 1.65 bits per heavy atom. The average molecular weight is 371 g/mol. The van der Waals surface area contributed by atoms with Crippen LogP contribution in [0.15, 0.2) is 65.6 Å². The van der Waals surface area contributed by atoms with Gasteiger partial charge in [0.1, 0.15) is 5.75 Å². The van der Waals surface area contributed by atoms with Crippen LogP contribution in [0.2, 0.25) is 0 Å². The van der Waals surface area contributed by atoms with E-state index in [4.69, 9.17) is 9.47 Å². The van der Waals surface area contributed by atoms with Crippen LogP contribution < -0.4 is 14.2 Å². The van der Waals surface area contributed by atoms with Crippen molar-refractivity contribution < 1.29 is 17.9 Å². The summed E-state index contributed by atoms with van der Waals surface area (Å²) < 4.78 is 37.7. The summed E-state index contributed by atoms with van der Waals surface area (Å²) in [5, 5.41) is 7.99. The number of rotatable bonds is 6. The van der Waals surface area contributed by atoms with Crippen LogP contribution in [0.25, 0.3) is 11.3 Å². The summed E-state index contributed by atoms with van der Waals surface area (Å²) in [5.41, 5.74) is 1.77. The molecule has 0 aliphatic rings. The van der Waals surface area contributed by atoms with Crippen LogP contribution in [0.1, 0.15) is 0 Å². The van der Waals surface area contributed by atoms with Gasteiger partial charge in [0.2, 0.25) is 5.88 Å². The van der Waals surface area contributed by atoms with E-state index in [1.165, 1.54) is 26.4 Å². The average Bonchev–Trinajstić information content (AvgIpc) is 2.68. The summed E-state index contributed by atoms with van der Waals surface area (Å²) in [7, 11) is -0.674. The Labute approximate surface area is 151 Å². The van der Waals surface area contributed by atoms with Crippen molar-refractivity contribution in [1.82, 2.24) is 10.2 Å². The lowest BCUT2D eigenvalue weighted by atomic mass is 10.1. The van der Waals surface area contributed by atoms with E-state index in [-0.39, 0.29) is 4.90 Å². The van der Waals surface area contributed by atoms with Crippen LogP contribution in [0.4, 0.5) is 5.69 Å². The van der Waals surface area contributed by atoms with Gasteiger partial charge in [-0.1, -0.05) is 12.1 Å². The fourth-order valence-corrected chi connectivity index (χ4v) is 3.34. The van der Waals surface area contributed by atoms with E-state index in [0.717, 1.165) is 5.56 Å². The monoisotopic (exact) mass is 371 g/mol. The first-order valence-electron chi connectivity index (χ1n) is 7.67. The molecule has 3 rings (SSSR count). The maximum Gasteiger partial charge on any atom is 0.261 e. The van der Waals surface area contributed by atoms with Gasteiger partial charge >= 0.3 is 0 Å². The Bertz CT molecular complexity index is 988. The van der Waals surface area contributed by atoms with Crippen molar-refractivity contribution in [3.63, 3.8) is 0 Å². The minimum atomic E-state index is -3.71. The molecule has 0 spiro atoms. The first-order valence-corrected chi connectivity index (χ1v) is 9.15. The highest BCUT2D eigenvalue weighted by atomic mass is 32.2. The Hall–Kier alpha value is -3.13. The molecule has 3 aromatic rings. The van der Waals surface area contributed by atoms with Gasteiger partial charge in [0.15, 0.2) is 0 Å². The minimum absolute atomic E-state index is 0.146. The maximum absolute atomic E-state index is 12.5. The number of anilines is 1. The topological polar surface area (TPSA) is 90.4 Å². The Morgan fingerprint density at radius 3 is 2.27 bits per heavy atom. The molecule has 0 radical (unpaired) electrons. The molecule has 0 amide bonds. The number of aromatic nitrogens is 2. The first kappa shape index (κ1) is 17.7. The van der Waals surface area contributed by atoms with E-state index in [1.807, 2.05) is 6.07 Å². The van der Waals surface area contributed by atoms with Crippen molar-refractivity contribution in [2.24, 2.45) is 0 Å². The van der Waals surface area contributed by atoms with Gasteiger partial charge in [0.25, 0.3) is 10.0 Å². The Balaban J connectivity index is 1.85. The largest absolute Gasteiger partial charge is 0.497 e. The van der Waals surface area contributed by atoms with Gasteiger partial charge < -0.3 is 9.47 Å². The zero-order valence-corrected chi connectivity index (χ0v) is 15.0. The lowest BCUT2D eigenvalue weighted by molar-refractivity contribution is 0.392. The first-order chi connectivity index (χ1) is 12.5. The fourth-order valence-electron chi connectivity index (χ4n) is 2.29. The van der Waals surface area contributed by atoms with Crippen LogP contribution in [-0.4, -0.2) is 32.8 Å². The molecule has 0 bridgehead atoms. The van der Waals surface area contributed by atoms with Gasteiger partial charge in [-0.05, 0) is 42.5 Å². The highest BCUT2D eigenvalue weighted by Crippen LogP contribution is 2.24. The zero-order chi connectivity index (χ0) is 18.6. The van der Waals surface area contributed by atoms with Gasteiger partial charge in [-0.3, -0.25) is 4.72 Å². The molecular formula is C18H17N3O4S. The van der Waals surface area contributed by atoms with E-state index in [1.54, 1.807) is 42.5 Å². The fraction of sp³-hybridized carbons (Fsp3) is 0.111. The molecule has 1 aromatic heterocycles. The molecule has 0 atom stereocenters. The lowest BCUT2D eigenvalue weighted by Crippen LogP contribution is -2.12. The second-order valence-electron chi connectivity index (χ2n) is 5.32. The van der Waals surface area contributed by atoms with Crippen molar-refractivity contribution in [2.45, 2.75) is 4.90 Å². The second-order valence-corrected chi connectivity index (χ2v) is 7.01. The summed E-state index contributed by atoms with van der Waals surface area (Å²) in [5.74, 6) is 0.995. The molecule has 0 saturated heterocycles. The molecule has 0 saturated carbocycles. The SMILES string of the molecule is COc1ccc(S(=O)(=O)Nc2cccc(-c3ccc(OC)nn3)c2)cc1. The van der Waals surface area contributed by atoms with Crippen molar-refractivity contribution in [1.29, 1.82) is 0 Å². The van der Waals surface area contributed by atoms with Crippen LogP contribution >= 0.6 is 0 Å². The lowest BCUT2D eigenvalue weighted by Gasteiger charge is -2.10. The number of benzene rings is 2. The van der Waals surface area contributed by atoms with Gasteiger partial charge in [0, 0.05) is 17.3 Å². The normalized spacial score (nSPS) is 11.0. The minimum Gasteiger partial charge on any atom is -0.497 e. The smallest absolute Gasteiger partial charge is 0.261 e. The molecule has 134 valence electrons. The summed E-state index contributed by atoms with van der Waals surface area (Å²) >= 11 is 0. The summed E-state index contributed by atoms with van der Waals surface area (Å²) in [6.45, 7) is 0. The highest BCUT2D eigenvalue weighted by molar-refractivity contribution is 7.92. The van der Waals surface area contributed by atoms with Crippen molar-refractivity contribution >= 4 is 15.7 Å². The van der Waals surface area contributed by atoms with Gasteiger partial charge in [-0.25, -0.2) is 8.42 Å². The maximum atomic E-state index is 12.5. The van der Waals surface area contributed by atoms with E-state index < -0.39 is 10.0 Å². The van der Waals surface area contributed by atoms with Crippen molar-refractivity contribution in [2.75, 3.05) is 18.9 Å². The number of nitrogens with one attached hydrogen (secondary N) is 1. The molecule has 1 heterocycles. The molecule has 2 aromatic carbocycles. The number of nitrogens with zero attached hydrogens (tertiary/aromatic N) is 2. The number of ether oxygens (including phenoxy) is 2. The third kappa shape index (κ3) is 3.92. The molecule has 0 fully saturated rings. The second kappa shape index (κ2) is 7.40. The molecular weight excluding hydrogens is 354 g/mol. The summed E-state index contributed by atoms with van der Waals surface area (Å²) in [4.78, 5) is 0.146. The summed E-state index contributed by atoms with van der Waals surface area (Å²) in [6, 6.07) is 16.5. The van der Waals surface area contributed by atoms with E-state index in [0.29, 0.717) is 23.0 Å². The van der Waals surface area contributed by atoms with E-state index in [9.17, 15) is 8.42 Å². The van der Waals surface area contributed by atoms with Gasteiger partial charge in [0.05, 0.1) is 24.8 Å². The quantitative estimate of drug-likeness (QED) is 0.716. The standard InChI is InChI=1S/C18H17N3O4S/c1-24-15-6-8-16(9-7-15)26(22,23)21-14-5-3-4-13(12-14)17-10-11-18(25-2)20-19-17/h3-12,21H,1-2H3. The van der Waals surface area contributed by atoms with Crippen LogP contribution in [0.5, 0.6) is 11.6 Å². The van der Waals surface area contributed by atoms with Gasteiger partial charge in [-0.15, -0.1) is 10.2 Å². The zero-order valence-electron chi connectivity index (χ0n) is 14.2. The third-order valence-corrected chi connectivity index (χ3v) is 5.03. The predicted molar refractivity (Wildman–Crippen MR) is 97.8 cm³/mol. The number of sulfonamides is 1. The van der Waals surface area contributed by atoms with E-state index in [2.05, 4.69) is 14.9 Å². The Morgan fingerprint density at radius 1 is 0.885 bits per heavy atom. The number of hydrogen-bond donors (Lipinski definition) is 1.